The number of benzene rings is 3. The Morgan fingerprint density at radius 2 is 0.610 bits per heavy atom. The molecule has 0 radical (unpaired) electrons. The van der Waals surface area contributed by atoms with Crippen LogP contribution in [0, 0.1) is 20.8 Å². The van der Waals surface area contributed by atoms with Gasteiger partial charge < -0.3 is 63.6 Å². The van der Waals surface area contributed by atoms with E-state index in [0.29, 0.717) is 26.2 Å². The third kappa shape index (κ3) is 26.3. The first-order valence-corrected chi connectivity index (χ1v) is 11.6. The Kier molecular flexibility index (Phi) is 33.7. The van der Waals surface area contributed by atoms with Gasteiger partial charge in [0, 0.05) is 26.2 Å². The van der Waals surface area contributed by atoms with E-state index in [1.165, 1.54) is 36.4 Å². The summed E-state index contributed by atoms with van der Waals surface area (Å²) in [5.41, 5.74) is 23.4. The van der Waals surface area contributed by atoms with Crippen LogP contribution in [0.25, 0.3) is 0 Å². The maximum atomic E-state index is 10.2. The number of nitrogens with two attached hydrogens (primary N) is 4. The summed E-state index contributed by atoms with van der Waals surface area (Å²) < 4.78 is 0. The molecular formula is C28H41CoN4O8. The molecule has 230 valence electrons. The minimum atomic E-state index is -1.12. The van der Waals surface area contributed by atoms with Crippen molar-refractivity contribution in [1.82, 2.24) is 0 Å². The summed E-state index contributed by atoms with van der Waals surface area (Å²) in [6, 6.07) is 19.6. The predicted molar refractivity (Wildman–Crippen MR) is 150 cm³/mol. The summed E-state index contributed by atoms with van der Waals surface area (Å²) in [6.07, 6.45) is 0. The van der Waals surface area contributed by atoms with Crippen molar-refractivity contribution in [2.45, 2.75) is 20.8 Å². The van der Waals surface area contributed by atoms with E-state index in [1.54, 1.807) is 36.4 Å². The van der Waals surface area contributed by atoms with Gasteiger partial charge in [0.05, 0.1) is 17.9 Å². The summed E-state index contributed by atoms with van der Waals surface area (Å²) in [5.74, 6) is -3.37. The third-order valence-electron chi connectivity index (χ3n) is 4.20. The Bertz CT molecular complexity index is 926. The second-order valence-electron chi connectivity index (χ2n) is 7.62. The van der Waals surface area contributed by atoms with Gasteiger partial charge in [-0.2, -0.15) is 0 Å². The van der Waals surface area contributed by atoms with Crippen LogP contribution in [-0.2, 0) is 16.8 Å². The molecule has 0 bridgehead atoms. The standard InChI is InChI=1S/3C8H8O2.2C2H8N2.Co.2H2O/c3*1-6-2-4-7(5-3-6)8(9)10;2*3-1-2-4;;;/h3*2-5H,1H3,(H,9,10);2*1-4H2;;2*1H2/q;;;;;+3;;/p-3. The topological polar surface area (TPSA) is 287 Å². The average Bonchev–Trinajstić information content (AvgIpc) is 2.90. The number of aromatic carboxylic acids is 3. The van der Waals surface area contributed by atoms with Crippen molar-refractivity contribution >= 4 is 17.9 Å². The largest absolute Gasteiger partial charge is 3.00 e. The van der Waals surface area contributed by atoms with Crippen molar-refractivity contribution in [3.05, 3.63) is 106 Å². The molecular weight excluding hydrogens is 579 g/mol. The van der Waals surface area contributed by atoms with E-state index in [4.69, 9.17) is 22.9 Å². The molecule has 0 aliphatic heterocycles. The van der Waals surface area contributed by atoms with E-state index in [0.717, 1.165) is 16.7 Å². The van der Waals surface area contributed by atoms with Crippen LogP contribution in [0.1, 0.15) is 47.8 Å². The van der Waals surface area contributed by atoms with Gasteiger partial charge in [-0.3, -0.25) is 0 Å². The molecule has 0 fully saturated rings. The van der Waals surface area contributed by atoms with Crippen LogP contribution < -0.4 is 38.3 Å². The number of carboxylic acids is 3. The maximum absolute atomic E-state index is 10.2. The molecule has 0 aliphatic carbocycles. The number of carbonyl (C=O) groups is 3. The van der Waals surface area contributed by atoms with Crippen molar-refractivity contribution in [2.75, 3.05) is 26.2 Å². The summed E-state index contributed by atoms with van der Waals surface area (Å²) in [6.45, 7) is 8.09. The Hall–Kier alpha value is -3.66. The van der Waals surface area contributed by atoms with Crippen molar-refractivity contribution in [3.8, 4) is 0 Å². The molecule has 0 unspecified atom stereocenters. The van der Waals surface area contributed by atoms with Crippen LogP contribution >= 0.6 is 0 Å². The average molecular weight is 621 g/mol. The molecule has 0 heterocycles. The van der Waals surface area contributed by atoms with E-state index < -0.39 is 17.9 Å². The smallest absolute Gasteiger partial charge is 0.545 e. The predicted octanol–water partition coefficient (Wildman–Crippen LogP) is -2.77. The van der Waals surface area contributed by atoms with E-state index in [9.17, 15) is 29.7 Å². The number of hydrogen-bond acceptors (Lipinski definition) is 10. The zero-order valence-corrected chi connectivity index (χ0v) is 24.4. The Morgan fingerprint density at radius 3 is 0.707 bits per heavy atom. The number of carboxylic acid groups (broad SMARTS) is 3. The van der Waals surface area contributed by atoms with E-state index in [2.05, 4.69) is 0 Å². The summed E-state index contributed by atoms with van der Waals surface area (Å²) in [4.78, 5) is 30.6. The fraction of sp³-hybridized carbons (Fsp3) is 0.250. The van der Waals surface area contributed by atoms with Gasteiger partial charge in [-0.15, -0.1) is 0 Å². The number of aryl methyl sites for hydroxylation is 3. The van der Waals surface area contributed by atoms with Gasteiger partial charge >= 0.3 is 16.8 Å². The Balaban J connectivity index is -0.000000136. The molecule has 12 nitrogen and oxygen atoms in total. The molecule has 12 N–H and O–H groups in total. The van der Waals surface area contributed by atoms with Crippen LogP contribution in [0.3, 0.4) is 0 Å². The van der Waals surface area contributed by atoms with Crippen molar-refractivity contribution in [3.63, 3.8) is 0 Å². The molecule has 0 aromatic heterocycles. The number of hydrogen-bond donors (Lipinski definition) is 4. The minimum absolute atomic E-state index is 0. The molecule has 3 aromatic rings. The zero-order chi connectivity index (χ0) is 29.5. The Morgan fingerprint density at radius 1 is 0.463 bits per heavy atom. The number of rotatable bonds is 5. The van der Waals surface area contributed by atoms with Gasteiger partial charge in [-0.1, -0.05) is 89.5 Å². The van der Waals surface area contributed by atoms with Crippen molar-refractivity contribution < 1.29 is 57.4 Å². The molecule has 0 saturated carbocycles. The molecule has 3 rings (SSSR count). The fourth-order valence-electron chi connectivity index (χ4n) is 2.07. The summed E-state index contributed by atoms with van der Waals surface area (Å²) >= 11 is 0. The first-order valence-electron chi connectivity index (χ1n) is 11.6. The van der Waals surface area contributed by atoms with E-state index >= 15 is 0 Å². The molecule has 3 aromatic carbocycles. The van der Waals surface area contributed by atoms with Gasteiger partial charge in [0.25, 0.3) is 0 Å². The van der Waals surface area contributed by atoms with Crippen LogP contribution in [0.15, 0.2) is 72.8 Å². The Labute approximate surface area is 251 Å². The SMILES string of the molecule is Cc1ccc(C(=O)[O-])cc1.Cc1ccc(C(=O)[O-])cc1.Cc1ccc(C(=O)[O-])cc1.NCCN.NCCN.O.O.[Co+3]. The van der Waals surface area contributed by atoms with Crippen LogP contribution in [0.4, 0.5) is 0 Å². The quantitative estimate of drug-likeness (QED) is 0.228. The maximum Gasteiger partial charge on any atom is 3.00 e. The monoisotopic (exact) mass is 620 g/mol. The van der Waals surface area contributed by atoms with Crippen molar-refractivity contribution in [2.24, 2.45) is 22.9 Å². The van der Waals surface area contributed by atoms with Crippen LogP contribution in [-0.4, -0.2) is 55.0 Å². The molecule has 13 heteroatoms. The third-order valence-corrected chi connectivity index (χ3v) is 4.20. The second kappa shape index (κ2) is 29.3. The molecule has 0 spiro atoms. The van der Waals surface area contributed by atoms with Gasteiger partial charge in [0.15, 0.2) is 0 Å². The van der Waals surface area contributed by atoms with Crippen LogP contribution in [0.2, 0.25) is 0 Å². The van der Waals surface area contributed by atoms with Crippen LogP contribution in [0.5, 0.6) is 0 Å². The van der Waals surface area contributed by atoms with E-state index in [1.807, 2.05) is 20.8 Å². The van der Waals surface area contributed by atoms with E-state index in [-0.39, 0.29) is 44.4 Å². The van der Waals surface area contributed by atoms with Crippen molar-refractivity contribution in [1.29, 1.82) is 0 Å². The first kappa shape index (κ1) is 47.1. The molecule has 0 atom stereocenters. The number of carbonyl (C=O) groups excluding carboxylic acids is 3. The van der Waals surface area contributed by atoms with Gasteiger partial charge in [-0.05, 0) is 37.5 Å². The minimum Gasteiger partial charge on any atom is -0.545 e. The molecule has 41 heavy (non-hydrogen) atoms. The van der Waals surface area contributed by atoms with Gasteiger partial charge in [0.2, 0.25) is 0 Å². The molecule has 0 amide bonds. The van der Waals surface area contributed by atoms with Gasteiger partial charge in [-0.25, -0.2) is 0 Å². The molecule has 0 saturated heterocycles. The summed E-state index contributed by atoms with van der Waals surface area (Å²) in [5, 5.41) is 30.6. The van der Waals surface area contributed by atoms with Gasteiger partial charge in [0.1, 0.15) is 0 Å². The second-order valence-corrected chi connectivity index (χ2v) is 7.62. The first-order chi connectivity index (χ1) is 17.9. The molecule has 0 aliphatic rings. The normalized spacial score (nSPS) is 8.27. The summed E-state index contributed by atoms with van der Waals surface area (Å²) in [7, 11) is 0. The zero-order valence-electron chi connectivity index (χ0n) is 23.3. The fourth-order valence-corrected chi connectivity index (χ4v) is 2.07.